The minimum Gasteiger partial charge on any atom is -0.444 e. The first-order valence-corrected chi connectivity index (χ1v) is 7.49. The third kappa shape index (κ3) is 3.76. The summed E-state index contributed by atoms with van der Waals surface area (Å²) in [7, 11) is 0. The minimum atomic E-state index is -0.505. The first kappa shape index (κ1) is 15.8. The zero-order chi connectivity index (χ0) is 15.5. The van der Waals surface area contributed by atoms with Gasteiger partial charge < -0.3 is 15.2 Å². The van der Waals surface area contributed by atoms with Gasteiger partial charge in [0.1, 0.15) is 5.60 Å². The lowest BCUT2D eigenvalue weighted by Gasteiger charge is -2.49. The molecule has 1 aromatic carbocycles. The molecule has 0 radical (unpaired) electrons. The summed E-state index contributed by atoms with van der Waals surface area (Å²) >= 11 is 0. The van der Waals surface area contributed by atoms with Crippen LogP contribution in [0, 0.1) is 5.41 Å². The highest BCUT2D eigenvalue weighted by molar-refractivity contribution is 5.67. The molecule has 0 bridgehead atoms. The Kier molecular flexibility index (Phi) is 4.57. The highest BCUT2D eigenvalue weighted by atomic mass is 16.6. The monoisotopic (exact) mass is 291 g/mol. The molecule has 1 fully saturated rings. The summed E-state index contributed by atoms with van der Waals surface area (Å²) < 4.78 is 5.26. The van der Waals surface area contributed by atoms with Crippen LogP contribution >= 0.6 is 0 Å². The summed E-state index contributed by atoms with van der Waals surface area (Å²) in [5.74, 6) is 0.290. The second-order valence-corrected chi connectivity index (χ2v) is 6.88. The van der Waals surface area contributed by atoms with E-state index < -0.39 is 11.7 Å². The van der Waals surface area contributed by atoms with Gasteiger partial charge in [-0.3, -0.25) is 0 Å². The van der Waals surface area contributed by atoms with E-state index >= 15 is 0 Å². The fourth-order valence-electron chi connectivity index (χ4n) is 2.92. The molecule has 0 spiro atoms. The van der Waals surface area contributed by atoms with Crippen molar-refractivity contribution in [3.8, 4) is 0 Å². The number of ether oxygens (including phenoxy) is 1. The van der Waals surface area contributed by atoms with Gasteiger partial charge in [-0.25, -0.2) is 4.79 Å². The van der Waals surface area contributed by atoms with Crippen LogP contribution in [0.5, 0.6) is 0 Å². The normalized spacial score (nSPS) is 25.0. The molecule has 2 rings (SSSR count). The molecular weight excluding hydrogens is 266 g/mol. The maximum Gasteiger partial charge on any atom is 0.407 e. The molecule has 1 aromatic rings. The SMILES string of the molecule is CC(C)(C)OC(=O)NC[C@@]1(CO)CC[C@@H]1c1ccccc1. The van der Waals surface area contributed by atoms with Crippen molar-refractivity contribution in [1.29, 1.82) is 0 Å². The van der Waals surface area contributed by atoms with Gasteiger partial charge in [0.05, 0.1) is 6.61 Å². The topological polar surface area (TPSA) is 58.6 Å². The summed E-state index contributed by atoms with van der Waals surface area (Å²) in [5, 5.41) is 12.6. The molecule has 0 heterocycles. The Labute approximate surface area is 126 Å². The molecule has 1 saturated carbocycles. The lowest BCUT2D eigenvalue weighted by atomic mass is 9.58. The number of rotatable bonds is 4. The number of carbonyl (C=O) groups excluding carboxylic acids is 1. The van der Waals surface area contributed by atoms with Crippen LogP contribution in [-0.2, 0) is 4.74 Å². The van der Waals surface area contributed by atoms with E-state index in [4.69, 9.17) is 4.74 Å². The molecule has 21 heavy (non-hydrogen) atoms. The molecule has 4 heteroatoms. The van der Waals surface area contributed by atoms with Crippen LogP contribution in [0.1, 0.15) is 45.1 Å². The van der Waals surface area contributed by atoms with E-state index in [9.17, 15) is 9.90 Å². The Morgan fingerprint density at radius 3 is 2.52 bits per heavy atom. The number of hydrogen-bond donors (Lipinski definition) is 2. The maximum atomic E-state index is 11.8. The van der Waals surface area contributed by atoms with Crippen molar-refractivity contribution in [3.05, 3.63) is 35.9 Å². The van der Waals surface area contributed by atoms with E-state index in [1.54, 1.807) is 0 Å². The highest BCUT2D eigenvalue weighted by Gasteiger charge is 2.47. The smallest absolute Gasteiger partial charge is 0.407 e. The Morgan fingerprint density at radius 1 is 1.38 bits per heavy atom. The molecule has 116 valence electrons. The van der Waals surface area contributed by atoms with Gasteiger partial charge in [-0.2, -0.15) is 0 Å². The Bertz CT molecular complexity index is 477. The summed E-state index contributed by atoms with van der Waals surface area (Å²) in [6.45, 7) is 6.03. The summed E-state index contributed by atoms with van der Waals surface area (Å²) in [6.07, 6.45) is 1.54. The first-order chi connectivity index (χ1) is 9.86. The first-order valence-electron chi connectivity index (χ1n) is 7.49. The fourth-order valence-corrected chi connectivity index (χ4v) is 2.92. The van der Waals surface area contributed by atoms with E-state index in [-0.39, 0.29) is 12.0 Å². The van der Waals surface area contributed by atoms with Crippen molar-refractivity contribution in [2.75, 3.05) is 13.2 Å². The second kappa shape index (κ2) is 6.06. The van der Waals surface area contributed by atoms with E-state index in [0.29, 0.717) is 12.5 Å². The van der Waals surface area contributed by atoms with Gasteiger partial charge in [-0.15, -0.1) is 0 Å². The molecule has 0 aromatic heterocycles. The minimum absolute atomic E-state index is 0.0718. The number of hydrogen-bond acceptors (Lipinski definition) is 3. The lowest BCUT2D eigenvalue weighted by molar-refractivity contribution is 0.00840. The van der Waals surface area contributed by atoms with Gasteiger partial charge >= 0.3 is 6.09 Å². The van der Waals surface area contributed by atoms with Crippen molar-refractivity contribution in [2.24, 2.45) is 5.41 Å². The molecule has 0 unspecified atom stereocenters. The van der Waals surface area contributed by atoms with Crippen LogP contribution in [0.15, 0.2) is 30.3 Å². The predicted octanol–water partition coefficient (Wildman–Crippen LogP) is 3.07. The van der Waals surface area contributed by atoms with E-state index in [2.05, 4.69) is 17.4 Å². The molecule has 0 saturated heterocycles. The molecule has 1 aliphatic carbocycles. The lowest BCUT2D eigenvalue weighted by Crippen LogP contribution is -2.50. The number of alkyl carbamates (subject to hydrolysis) is 1. The quantitative estimate of drug-likeness (QED) is 0.896. The molecule has 1 aliphatic rings. The zero-order valence-corrected chi connectivity index (χ0v) is 13.1. The van der Waals surface area contributed by atoms with Gasteiger partial charge in [0.15, 0.2) is 0 Å². The van der Waals surface area contributed by atoms with Crippen molar-refractivity contribution in [3.63, 3.8) is 0 Å². The average Bonchev–Trinajstić information content (AvgIpc) is 2.38. The maximum absolute atomic E-state index is 11.8. The average molecular weight is 291 g/mol. The molecule has 0 aliphatic heterocycles. The van der Waals surface area contributed by atoms with Crippen LogP contribution in [-0.4, -0.2) is 30.0 Å². The Morgan fingerprint density at radius 2 is 2.05 bits per heavy atom. The molecular formula is C17H25NO3. The zero-order valence-electron chi connectivity index (χ0n) is 13.1. The van der Waals surface area contributed by atoms with Crippen LogP contribution in [0.4, 0.5) is 4.79 Å². The van der Waals surface area contributed by atoms with E-state index in [1.807, 2.05) is 39.0 Å². The second-order valence-electron chi connectivity index (χ2n) is 6.88. The fraction of sp³-hybridized carbons (Fsp3) is 0.588. The Balaban J connectivity index is 1.98. The number of nitrogens with one attached hydrogen (secondary N) is 1. The third-order valence-corrected chi connectivity index (χ3v) is 4.17. The van der Waals surface area contributed by atoms with Crippen molar-refractivity contribution in [2.45, 2.75) is 45.1 Å². The van der Waals surface area contributed by atoms with Gasteiger partial charge in [0.25, 0.3) is 0 Å². The van der Waals surface area contributed by atoms with Crippen molar-refractivity contribution in [1.82, 2.24) is 5.32 Å². The van der Waals surface area contributed by atoms with Gasteiger partial charge in [-0.1, -0.05) is 30.3 Å². The summed E-state index contributed by atoms with van der Waals surface area (Å²) in [6, 6.07) is 10.2. The number of aliphatic hydroxyl groups is 1. The van der Waals surface area contributed by atoms with Crippen LogP contribution in [0.2, 0.25) is 0 Å². The van der Waals surface area contributed by atoms with Crippen molar-refractivity contribution >= 4 is 6.09 Å². The number of amides is 1. The van der Waals surface area contributed by atoms with Gasteiger partial charge in [0.2, 0.25) is 0 Å². The van der Waals surface area contributed by atoms with Gasteiger partial charge in [0, 0.05) is 12.0 Å². The van der Waals surface area contributed by atoms with Crippen LogP contribution < -0.4 is 5.32 Å². The van der Waals surface area contributed by atoms with Crippen LogP contribution in [0.3, 0.4) is 0 Å². The number of aliphatic hydroxyl groups excluding tert-OH is 1. The molecule has 2 atom stereocenters. The van der Waals surface area contributed by atoms with E-state index in [1.165, 1.54) is 5.56 Å². The van der Waals surface area contributed by atoms with E-state index in [0.717, 1.165) is 12.8 Å². The van der Waals surface area contributed by atoms with Crippen molar-refractivity contribution < 1.29 is 14.6 Å². The van der Waals surface area contributed by atoms with Crippen LogP contribution in [0.25, 0.3) is 0 Å². The molecule has 1 amide bonds. The molecule has 2 N–H and O–H groups in total. The van der Waals surface area contributed by atoms with Gasteiger partial charge in [-0.05, 0) is 45.1 Å². The largest absolute Gasteiger partial charge is 0.444 e. The predicted molar refractivity (Wildman–Crippen MR) is 82.2 cm³/mol. The summed E-state index contributed by atoms with van der Waals surface area (Å²) in [4.78, 5) is 11.8. The summed E-state index contributed by atoms with van der Waals surface area (Å²) in [5.41, 5.74) is 0.455. The third-order valence-electron chi connectivity index (χ3n) is 4.17. The standard InChI is InChI=1S/C17H25NO3/c1-16(2,3)21-15(20)18-11-17(12-19)10-9-14(17)13-7-5-4-6-8-13/h4-8,14,19H,9-12H2,1-3H3,(H,18,20)/t14-,17-/m1/s1. The molecule has 4 nitrogen and oxygen atoms in total. The highest BCUT2D eigenvalue weighted by Crippen LogP contribution is 2.52. The number of benzene rings is 1. The number of carbonyl (C=O) groups is 1. The Hall–Kier alpha value is -1.55.